The number of piperidine rings is 1. The van der Waals surface area contributed by atoms with Crippen molar-refractivity contribution in [1.29, 1.82) is 0 Å². The van der Waals surface area contributed by atoms with Gasteiger partial charge in [0.15, 0.2) is 11.6 Å². The van der Waals surface area contributed by atoms with Gasteiger partial charge in [-0.1, -0.05) is 17.7 Å². The average Bonchev–Trinajstić information content (AvgIpc) is 3.24. The van der Waals surface area contributed by atoms with Crippen LogP contribution in [-0.2, 0) is 0 Å². The monoisotopic (exact) mass is 443 g/mol. The molecule has 2 aromatic heterocycles. The molecule has 0 bridgehead atoms. The van der Waals surface area contributed by atoms with E-state index in [2.05, 4.69) is 35.5 Å². The summed E-state index contributed by atoms with van der Waals surface area (Å²) in [6, 6.07) is 6.23. The van der Waals surface area contributed by atoms with Crippen LogP contribution in [0.5, 0.6) is 5.75 Å². The molecule has 0 spiro atoms. The minimum absolute atomic E-state index is 0.269. The summed E-state index contributed by atoms with van der Waals surface area (Å²) in [5.74, 6) is 0.895. The molecule has 1 saturated heterocycles. The Balaban J connectivity index is 1.58. The van der Waals surface area contributed by atoms with E-state index in [1.165, 1.54) is 0 Å². The highest BCUT2D eigenvalue weighted by Crippen LogP contribution is 2.34. The Morgan fingerprint density at radius 3 is 2.80 bits per heavy atom. The molecular formula is C22H27ClN5OP. The third-order valence-corrected chi connectivity index (χ3v) is 6.67. The van der Waals surface area contributed by atoms with E-state index in [0.29, 0.717) is 22.6 Å². The topological polar surface area (TPSA) is 78.0 Å². The second-order valence-corrected chi connectivity index (χ2v) is 8.76. The van der Waals surface area contributed by atoms with Gasteiger partial charge in [0.1, 0.15) is 6.10 Å². The van der Waals surface area contributed by atoms with Crippen molar-refractivity contribution in [3.05, 3.63) is 52.9 Å². The minimum Gasteiger partial charge on any atom is -0.482 e. The number of aromatic nitrogens is 3. The van der Waals surface area contributed by atoms with Gasteiger partial charge in [-0.25, -0.2) is 4.98 Å². The van der Waals surface area contributed by atoms with Crippen LogP contribution in [0.25, 0.3) is 11.1 Å². The molecule has 0 amide bonds. The molecule has 8 heteroatoms. The molecule has 0 saturated carbocycles. The number of rotatable bonds is 5. The molecule has 1 fully saturated rings. The number of halogens is 1. The predicted octanol–water partition coefficient (Wildman–Crippen LogP) is 4.05. The fourth-order valence-corrected chi connectivity index (χ4v) is 4.54. The van der Waals surface area contributed by atoms with Crippen molar-refractivity contribution in [3.63, 3.8) is 0 Å². The van der Waals surface area contributed by atoms with Gasteiger partial charge in [-0.2, -0.15) is 5.10 Å². The predicted molar refractivity (Wildman–Crippen MR) is 126 cm³/mol. The Kier molecular flexibility index (Phi) is 6.28. The number of hydrogen-bond donors (Lipinski definition) is 2. The lowest BCUT2D eigenvalue weighted by molar-refractivity contribution is 0.227. The highest BCUT2D eigenvalue weighted by Gasteiger charge is 2.19. The van der Waals surface area contributed by atoms with Crippen molar-refractivity contribution < 1.29 is 4.74 Å². The van der Waals surface area contributed by atoms with E-state index in [-0.39, 0.29) is 6.10 Å². The van der Waals surface area contributed by atoms with Gasteiger partial charge >= 0.3 is 0 Å². The third kappa shape index (κ3) is 4.31. The first-order valence-corrected chi connectivity index (χ1v) is 11.1. The molecule has 4 rings (SSSR count). The molecule has 3 aromatic rings. The summed E-state index contributed by atoms with van der Waals surface area (Å²) in [5, 5.41) is 9.74. The Labute approximate surface area is 184 Å². The molecule has 0 aliphatic carbocycles. The van der Waals surface area contributed by atoms with E-state index in [1.807, 2.05) is 38.2 Å². The van der Waals surface area contributed by atoms with Crippen LogP contribution in [0.4, 0.5) is 5.82 Å². The lowest BCUT2D eigenvalue weighted by Gasteiger charge is -2.22. The number of nitrogens with zero attached hydrogens (tertiary/aromatic N) is 3. The van der Waals surface area contributed by atoms with Crippen molar-refractivity contribution >= 4 is 32.0 Å². The molecule has 30 heavy (non-hydrogen) atoms. The molecule has 1 aliphatic rings. The van der Waals surface area contributed by atoms with Crippen molar-refractivity contribution in [2.24, 2.45) is 0 Å². The van der Waals surface area contributed by atoms with Gasteiger partial charge in [-0.3, -0.25) is 4.68 Å². The Hall–Kier alpha value is -2.14. The lowest BCUT2D eigenvalue weighted by Crippen LogP contribution is -2.29. The molecule has 1 aromatic carbocycles. The van der Waals surface area contributed by atoms with Gasteiger partial charge in [0.05, 0.1) is 12.2 Å². The van der Waals surface area contributed by atoms with Crippen LogP contribution in [-0.4, -0.2) is 27.9 Å². The second-order valence-electron chi connectivity index (χ2n) is 7.73. The third-order valence-electron chi connectivity index (χ3n) is 5.71. The maximum Gasteiger partial charge on any atom is 0.166 e. The summed E-state index contributed by atoms with van der Waals surface area (Å²) in [6.45, 7) is 6.06. The van der Waals surface area contributed by atoms with Gasteiger partial charge in [0.2, 0.25) is 0 Å². The Morgan fingerprint density at radius 1 is 1.27 bits per heavy atom. The van der Waals surface area contributed by atoms with Crippen LogP contribution >= 0.6 is 20.8 Å². The molecular weight excluding hydrogens is 417 g/mol. The number of hydrogen-bond acceptors (Lipinski definition) is 5. The number of ether oxygens (including phenoxy) is 1. The second kappa shape index (κ2) is 8.93. The first-order chi connectivity index (χ1) is 14.4. The number of nitrogen functional groups attached to an aromatic ring is 1. The van der Waals surface area contributed by atoms with Crippen molar-refractivity contribution in [1.82, 2.24) is 20.1 Å². The van der Waals surface area contributed by atoms with Crippen molar-refractivity contribution in [2.45, 2.75) is 38.8 Å². The van der Waals surface area contributed by atoms with Crippen molar-refractivity contribution in [2.75, 3.05) is 18.8 Å². The van der Waals surface area contributed by atoms with E-state index < -0.39 is 0 Å². The molecule has 3 N–H and O–H groups in total. The summed E-state index contributed by atoms with van der Waals surface area (Å²) < 4.78 is 8.28. The van der Waals surface area contributed by atoms with Gasteiger partial charge < -0.3 is 15.8 Å². The minimum atomic E-state index is -0.269. The van der Waals surface area contributed by atoms with Gasteiger partial charge in [-0.05, 0) is 62.8 Å². The van der Waals surface area contributed by atoms with Crippen LogP contribution in [0.15, 0.2) is 36.8 Å². The molecule has 1 aliphatic heterocycles. The van der Waals surface area contributed by atoms with E-state index in [1.54, 1.807) is 6.20 Å². The Morgan fingerprint density at radius 2 is 2.03 bits per heavy atom. The van der Waals surface area contributed by atoms with Gasteiger partial charge in [-0.15, -0.1) is 9.24 Å². The zero-order chi connectivity index (χ0) is 21.3. The average molecular weight is 444 g/mol. The SMILES string of the molecule is Cc1c(P)ccc(Cl)c1C(C)Oc1cc(-c2cnn(C3CCNCC3)c2)cnc1N. The fraction of sp³-hybridized carbons (Fsp3) is 0.364. The number of anilines is 1. The molecule has 2 unspecified atom stereocenters. The van der Waals surface area contributed by atoms with Crippen LogP contribution < -0.4 is 21.1 Å². The first-order valence-electron chi connectivity index (χ1n) is 10.2. The number of pyridine rings is 1. The maximum atomic E-state index is 6.45. The Bertz CT molecular complexity index is 1050. The number of nitrogens with one attached hydrogen (secondary N) is 1. The highest BCUT2D eigenvalue weighted by atomic mass is 35.5. The smallest absolute Gasteiger partial charge is 0.166 e. The van der Waals surface area contributed by atoms with Crippen LogP contribution in [0.2, 0.25) is 5.02 Å². The van der Waals surface area contributed by atoms with Gasteiger partial charge in [0, 0.05) is 34.1 Å². The molecule has 158 valence electrons. The zero-order valence-corrected chi connectivity index (χ0v) is 19.1. The van der Waals surface area contributed by atoms with Crippen molar-refractivity contribution in [3.8, 4) is 16.9 Å². The van der Waals surface area contributed by atoms with E-state index in [0.717, 1.165) is 53.5 Å². The number of benzene rings is 1. The summed E-state index contributed by atoms with van der Waals surface area (Å²) in [4.78, 5) is 4.36. The lowest BCUT2D eigenvalue weighted by atomic mass is 10.0. The normalized spacial score (nSPS) is 15.9. The molecule has 0 radical (unpaired) electrons. The molecule has 3 heterocycles. The zero-order valence-electron chi connectivity index (χ0n) is 17.2. The largest absolute Gasteiger partial charge is 0.482 e. The quantitative estimate of drug-likeness (QED) is 0.581. The van der Waals surface area contributed by atoms with E-state index >= 15 is 0 Å². The van der Waals surface area contributed by atoms with Gasteiger partial charge in [0.25, 0.3) is 0 Å². The standard InChI is InChI=1S/C22H27ClN5OP/c1-13-20(30)4-3-18(23)21(13)14(2)29-19-9-15(10-26-22(19)24)16-11-27-28(12-16)17-5-7-25-8-6-17/h3-4,9-12,14,17,25H,5-8,30H2,1-2H3,(H2,24,26). The maximum absolute atomic E-state index is 6.45. The summed E-state index contributed by atoms with van der Waals surface area (Å²) in [7, 11) is 2.73. The summed E-state index contributed by atoms with van der Waals surface area (Å²) >= 11 is 6.45. The summed E-state index contributed by atoms with van der Waals surface area (Å²) in [6.07, 6.45) is 7.62. The van der Waals surface area contributed by atoms with E-state index in [4.69, 9.17) is 22.1 Å². The molecule has 6 nitrogen and oxygen atoms in total. The van der Waals surface area contributed by atoms with E-state index in [9.17, 15) is 0 Å². The van der Waals surface area contributed by atoms with Crippen LogP contribution in [0.3, 0.4) is 0 Å². The number of nitrogens with two attached hydrogens (primary N) is 1. The summed E-state index contributed by atoms with van der Waals surface area (Å²) in [5.41, 5.74) is 10.1. The molecule has 2 atom stereocenters. The van der Waals surface area contributed by atoms with Crippen LogP contribution in [0, 0.1) is 6.92 Å². The highest BCUT2D eigenvalue weighted by molar-refractivity contribution is 7.27. The first kappa shape index (κ1) is 21.1. The van der Waals surface area contributed by atoms with Crippen LogP contribution in [0.1, 0.15) is 43.0 Å². The fourth-order valence-electron chi connectivity index (χ4n) is 3.93.